The van der Waals surface area contributed by atoms with Crippen molar-refractivity contribution >= 4 is 32.8 Å². The number of fused-ring (bicyclic) bond motifs is 5. The highest BCUT2D eigenvalue weighted by molar-refractivity contribution is 6.14. The van der Waals surface area contributed by atoms with Gasteiger partial charge in [0.05, 0.1) is 13.2 Å². The van der Waals surface area contributed by atoms with Crippen molar-refractivity contribution in [2.24, 2.45) is 0 Å². The second kappa shape index (κ2) is 11.9. The molecular formula is C27H33NO5. The largest absolute Gasteiger partial charge is 0.493 e. The monoisotopic (exact) mass is 451 g/mol. The highest BCUT2D eigenvalue weighted by atomic mass is 16.5. The van der Waals surface area contributed by atoms with Gasteiger partial charge >= 0.3 is 0 Å². The average Bonchev–Trinajstić information content (AvgIpc) is 3.21. The first-order valence-electron chi connectivity index (χ1n) is 12.0. The molecule has 0 saturated heterocycles. The molecule has 2 aromatic carbocycles. The van der Waals surface area contributed by atoms with Crippen molar-refractivity contribution in [3.05, 3.63) is 42.5 Å². The predicted octanol–water partition coefficient (Wildman–Crippen LogP) is 6.00. The fraction of sp³-hybridized carbons (Fsp3) is 0.444. The molecule has 0 aliphatic rings. The van der Waals surface area contributed by atoms with Gasteiger partial charge < -0.3 is 24.1 Å². The molecule has 0 amide bonds. The minimum absolute atomic E-state index is 0.245. The molecular weight excluding hydrogens is 418 g/mol. The summed E-state index contributed by atoms with van der Waals surface area (Å²) in [6.45, 7) is 1.74. The number of pyridine rings is 1. The molecule has 0 bridgehead atoms. The first-order chi connectivity index (χ1) is 16.3. The van der Waals surface area contributed by atoms with Crippen molar-refractivity contribution in [1.82, 2.24) is 4.98 Å². The van der Waals surface area contributed by atoms with Crippen LogP contribution in [0.5, 0.6) is 11.6 Å². The van der Waals surface area contributed by atoms with Crippen LogP contribution in [0.25, 0.3) is 32.8 Å². The minimum Gasteiger partial charge on any atom is -0.493 e. The Balaban J connectivity index is 1.53. The van der Waals surface area contributed by atoms with Crippen LogP contribution in [-0.2, 0) is 0 Å². The summed E-state index contributed by atoms with van der Waals surface area (Å²) in [4.78, 5) is 4.84. The first-order valence-corrected chi connectivity index (χ1v) is 12.0. The Morgan fingerprint density at radius 3 is 2.09 bits per heavy atom. The van der Waals surface area contributed by atoms with E-state index in [0.29, 0.717) is 19.1 Å². The van der Waals surface area contributed by atoms with Crippen LogP contribution in [0.3, 0.4) is 0 Å². The van der Waals surface area contributed by atoms with Gasteiger partial charge in [-0.25, -0.2) is 4.98 Å². The average molecular weight is 452 g/mol. The molecule has 4 aromatic rings. The molecule has 0 spiro atoms. The lowest BCUT2D eigenvalue weighted by molar-refractivity contribution is 0.272. The summed E-state index contributed by atoms with van der Waals surface area (Å²) in [5.74, 6) is 1.42. The Morgan fingerprint density at radius 1 is 0.697 bits per heavy atom. The fourth-order valence-electron chi connectivity index (χ4n) is 4.08. The molecule has 2 aromatic heterocycles. The van der Waals surface area contributed by atoms with Gasteiger partial charge in [-0.1, -0.05) is 31.0 Å². The Bertz CT molecular complexity index is 1170. The van der Waals surface area contributed by atoms with Crippen LogP contribution in [0.2, 0.25) is 0 Å². The van der Waals surface area contributed by atoms with E-state index in [1.165, 1.54) is 0 Å². The van der Waals surface area contributed by atoms with Crippen LogP contribution < -0.4 is 9.47 Å². The van der Waals surface area contributed by atoms with Gasteiger partial charge in [0.1, 0.15) is 16.8 Å². The van der Waals surface area contributed by atoms with E-state index >= 15 is 0 Å². The first kappa shape index (κ1) is 23.3. The standard InChI is InChI=1S/C27H33NO5/c29-15-7-1-3-9-17-31-20-13-14-23-24(19-20)33-26-21-11-5-6-12-22(21)27(28-25(23)26)32-18-10-4-2-8-16-30/h5-6,11-14,19,29-30H,1-4,7-10,15-18H2. The van der Waals surface area contributed by atoms with Crippen LogP contribution in [0.4, 0.5) is 0 Å². The number of rotatable bonds is 14. The number of hydrogen-bond acceptors (Lipinski definition) is 6. The van der Waals surface area contributed by atoms with Crippen molar-refractivity contribution in [2.75, 3.05) is 26.4 Å². The summed E-state index contributed by atoms with van der Waals surface area (Å²) in [7, 11) is 0. The maximum absolute atomic E-state index is 8.92. The number of furan rings is 1. The van der Waals surface area contributed by atoms with Crippen molar-refractivity contribution < 1.29 is 24.1 Å². The number of ether oxygens (including phenoxy) is 2. The van der Waals surface area contributed by atoms with E-state index < -0.39 is 0 Å². The van der Waals surface area contributed by atoms with Gasteiger partial charge in [-0.3, -0.25) is 0 Å². The SMILES string of the molecule is OCCCCCCOc1ccc2c(c1)oc1c3ccccc3c(OCCCCCCO)nc21. The molecule has 0 radical (unpaired) electrons. The second-order valence-electron chi connectivity index (χ2n) is 8.37. The Hall–Kier alpha value is -2.83. The molecule has 0 fully saturated rings. The number of nitrogens with zero attached hydrogens (tertiary/aromatic N) is 1. The fourth-order valence-corrected chi connectivity index (χ4v) is 4.08. The Labute approximate surface area is 194 Å². The molecule has 176 valence electrons. The molecule has 0 atom stereocenters. The van der Waals surface area contributed by atoms with Crippen LogP contribution in [0.15, 0.2) is 46.9 Å². The van der Waals surface area contributed by atoms with Crippen LogP contribution >= 0.6 is 0 Å². The molecule has 2 heterocycles. The smallest absolute Gasteiger partial charge is 0.222 e. The number of unbranched alkanes of at least 4 members (excludes halogenated alkanes) is 6. The van der Waals surface area contributed by atoms with Crippen molar-refractivity contribution in [3.8, 4) is 11.6 Å². The van der Waals surface area contributed by atoms with E-state index in [9.17, 15) is 0 Å². The molecule has 0 aliphatic carbocycles. The quantitative estimate of drug-likeness (QED) is 0.229. The van der Waals surface area contributed by atoms with Gasteiger partial charge in [0.15, 0.2) is 5.58 Å². The highest BCUT2D eigenvalue weighted by Crippen LogP contribution is 2.37. The van der Waals surface area contributed by atoms with Gasteiger partial charge in [-0.15, -0.1) is 0 Å². The maximum Gasteiger partial charge on any atom is 0.222 e. The summed E-state index contributed by atoms with van der Waals surface area (Å²) < 4.78 is 18.2. The van der Waals surface area contributed by atoms with Gasteiger partial charge in [-0.2, -0.15) is 0 Å². The van der Waals surface area contributed by atoms with Gasteiger partial charge in [0, 0.05) is 35.4 Å². The molecule has 2 N–H and O–H groups in total. The zero-order chi connectivity index (χ0) is 22.9. The van der Waals surface area contributed by atoms with Gasteiger partial charge in [-0.05, 0) is 56.7 Å². The van der Waals surface area contributed by atoms with E-state index in [1.54, 1.807) is 0 Å². The summed E-state index contributed by atoms with van der Waals surface area (Å²) in [6, 6.07) is 13.9. The Morgan fingerprint density at radius 2 is 1.36 bits per heavy atom. The topological polar surface area (TPSA) is 85.0 Å². The third-order valence-electron chi connectivity index (χ3n) is 5.86. The van der Waals surface area contributed by atoms with E-state index in [2.05, 4.69) is 0 Å². The normalized spacial score (nSPS) is 11.6. The zero-order valence-electron chi connectivity index (χ0n) is 19.1. The number of hydrogen-bond donors (Lipinski definition) is 2. The van der Waals surface area contributed by atoms with Crippen molar-refractivity contribution in [3.63, 3.8) is 0 Å². The van der Waals surface area contributed by atoms with E-state index in [1.807, 2.05) is 42.5 Å². The highest BCUT2D eigenvalue weighted by Gasteiger charge is 2.16. The minimum atomic E-state index is 0.245. The van der Waals surface area contributed by atoms with Crippen LogP contribution in [0.1, 0.15) is 51.4 Å². The van der Waals surface area contributed by atoms with Crippen LogP contribution in [-0.4, -0.2) is 41.6 Å². The lowest BCUT2D eigenvalue weighted by Crippen LogP contribution is -2.00. The number of aliphatic hydroxyl groups is 2. The van der Waals surface area contributed by atoms with E-state index in [0.717, 1.165) is 90.0 Å². The molecule has 6 heteroatoms. The molecule has 6 nitrogen and oxygen atoms in total. The second-order valence-corrected chi connectivity index (χ2v) is 8.37. The lowest BCUT2D eigenvalue weighted by atomic mass is 10.1. The van der Waals surface area contributed by atoms with Crippen molar-refractivity contribution in [1.29, 1.82) is 0 Å². The summed E-state index contributed by atoms with van der Waals surface area (Å²) in [5, 5.41) is 20.7. The maximum atomic E-state index is 8.92. The van der Waals surface area contributed by atoms with E-state index in [4.69, 9.17) is 29.1 Å². The van der Waals surface area contributed by atoms with Crippen LogP contribution in [0, 0.1) is 0 Å². The third-order valence-corrected chi connectivity index (χ3v) is 5.86. The predicted molar refractivity (Wildman–Crippen MR) is 131 cm³/mol. The molecule has 4 rings (SSSR count). The zero-order valence-corrected chi connectivity index (χ0v) is 19.1. The molecule has 0 unspecified atom stereocenters. The molecule has 33 heavy (non-hydrogen) atoms. The summed E-state index contributed by atoms with van der Waals surface area (Å²) in [6.07, 6.45) is 7.69. The third kappa shape index (κ3) is 5.75. The molecule has 0 saturated carbocycles. The summed E-state index contributed by atoms with van der Waals surface area (Å²) in [5.41, 5.74) is 2.31. The number of aliphatic hydroxyl groups excluding tert-OH is 2. The Kier molecular flexibility index (Phi) is 8.39. The van der Waals surface area contributed by atoms with Gasteiger partial charge in [0.2, 0.25) is 5.88 Å². The lowest BCUT2D eigenvalue weighted by Gasteiger charge is -2.09. The summed E-state index contributed by atoms with van der Waals surface area (Å²) >= 11 is 0. The van der Waals surface area contributed by atoms with Crippen molar-refractivity contribution in [2.45, 2.75) is 51.4 Å². The number of benzene rings is 2. The van der Waals surface area contributed by atoms with E-state index in [-0.39, 0.29) is 13.2 Å². The van der Waals surface area contributed by atoms with Gasteiger partial charge in [0.25, 0.3) is 0 Å². The number of aromatic nitrogens is 1. The molecule has 0 aliphatic heterocycles.